The van der Waals surface area contributed by atoms with Crippen LogP contribution in [0.5, 0.6) is 0 Å². The van der Waals surface area contributed by atoms with E-state index >= 15 is 0 Å². The van der Waals surface area contributed by atoms with Crippen molar-refractivity contribution in [2.45, 2.75) is 6.04 Å². The Morgan fingerprint density at radius 3 is 3.25 bits per heavy atom. The summed E-state index contributed by atoms with van der Waals surface area (Å²) >= 11 is 0. The summed E-state index contributed by atoms with van der Waals surface area (Å²) in [6, 6.07) is 4.39. The minimum Gasteiger partial charge on any atom is -0.468 e. The van der Waals surface area contributed by atoms with Gasteiger partial charge in [0.1, 0.15) is 5.76 Å². The van der Waals surface area contributed by atoms with Crippen LogP contribution < -0.4 is 5.32 Å². The van der Waals surface area contributed by atoms with Crippen LogP contribution in [0.2, 0.25) is 0 Å². The molecule has 3 heteroatoms. The monoisotopic (exact) mass is 166 g/mol. The summed E-state index contributed by atoms with van der Waals surface area (Å²) in [6.45, 7) is 3.16. The maximum absolute atomic E-state index is 5.36. The molecule has 2 rings (SSSR count). The maximum Gasteiger partial charge on any atom is 0.122 e. The molecule has 0 aliphatic carbocycles. The molecule has 2 heterocycles. The van der Waals surface area contributed by atoms with Gasteiger partial charge in [-0.25, -0.2) is 0 Å². The average molecular weight is 166 g/mol. The first kappa shape index (κ1) is 7.83. The molecule has 1 saturated heterocycles. The molecule has 1 fully saturated rings. The minimum atomic E-state index is 0.411. The summed E-state index contributed by atoms with van der Waals surface area (Å²) in [5, 5.41) is 3.35. The predicted molar refractivity (Wildman–Crippen MR) is 46.9 cm³/mol. The Bertz CT molecular complexity index is 233. The van der Waals surface area contributed by atoms with Crippen LogP contribution in [0.25, 0.3) is 0 Å². The summed E-state index contributed by atoms with van der Waals surface area (Å²) in [5.41, 5.74) is 0. The largest absolute Gasteiger partial charge is 0.468 e. The molecule has 1 aliphatic heterocycles. The Morgan fingerprint density at radius 1 is 1.67 bits per heavy atom. The minimum absolute atomic E-state index is 0.411. The van der Waals surface area contributed by atoms with E-state index in [0.717, 1.165) is 25.4 Å². The van der Waals surface area contributed by atoms with Gasteiger partial charge in [-0.05, 0) is 19.2 Å². The first-order chi connectivity index (χ1) is 5.88. The van der Waals surface area contributed by atoms with Crippen LogP contribution in [0.3, 0.4) is 0 Å². The second kappa shape index (κ2) is 3.29. The van der Waals surface area contributed by atoms with E-state index in [1.807, 2.05) is 12.1 Å². The van der Waals surface area contributed by atoms with Gasteiger partial charge in [0.25, 0.3) is 0 Å². The fourth-order valence-electron chi connectivity index (χ4n) is 1.60. The lowest BCUT2D eigenvalue weighted by molar-refractivity contribution is 0.178. The number of piperazine rings is 1. The van der Waals surface area contributed by atoms with Gasteiger partial charge in [0.05, 0.1) is 12.3 Å². The normalized spacial score (nSPS) is 25.9. The van der Waals surface area contributed by atoms with Crippen LogP contribution in [0.15, 0.2) is 22.8 Å². The second-order valence-electron chi connectivity index (χ2n) is 3.22. The van der Waals surface area contributed by atoms with Gasteiger partial charge in [0, 0.05) is 19.6 Å². The van der Waals surface area contributed by atoms with Gasteiger partial charge in [-0.3, -0.25) is 4.90 Å². The van der Waals surface area contributed by atoms with Crippen molar-refractivity contribution in [3.63, 3.8) is 0 Å². The number of hydrogen-bond acceptors (Lipinski definition) is 3. The second-order valence-corrected chi connectivity index (χ2v) is 3.22. The SMILES string of the molecule is CN1CCNCC1c1ccco1. The van der Waals surface area contributed by atoms with Crippen LogP contribution in [0.1, 0.15) is 11.8 Å². The number of likely N-dealkylation sites (N-methyl/N-ethyl adjacent to an activating group) is 1. The van der Waals surface area contributed by atoms with Crippen LogP contribution >= 0.6 is 0 Å². The standard InChI is InChI=1S/C9H14N2O/c1-11-5-4-10-7-8(11)9-3-2-6-12-9/h2-3,6,8,10H,4-5,7H2,1H3. The molecular weight excluding hydrogens is 152 g/mol. The molecule has 1 unspecified atom stereocenters. The van der Waals surface area contributed by atoms with Crippen LogP contribution in [0, 0.1) is 0 Å². The van der Waals surface area contributed by atoms with Gasteiger partial charge in [-0.1, -0.05) is 0 Å². The van der Waals surface area contributed by atoms with Crippen LogP contribution in [-0.4, -0.2) is 31.6 Å². The molecule has 3 nitrogen and oxygen atoms in total. The molecule has 1 aromatic rings. The Balaban J connectivity index is 2.11. The van der Waals surface area contributed by atoms with Gasteiger partial charge in [-0.2, -0.15) is 0 Å². The van der Waals surface area contributed by atoms with E-state index in [9.17, 15) is 0 Å². The topological polar surface area (TPSA) is 28.4 Å². The zero-order valence-corrected chi connectivity index (χ0v) is 7.29. The van der Waals surface area contributed by atoms with Crippen molar-refractivity contribution in [3.05, 3.63) is 24.2 Å². The summed E-state index contributed by atoms with van der Waals surface area (Å²) in [4.78, 5) is 2.31. The lowest BCUT2D eigenvalue weighted by Gasteiger charge is -2.31. The van der Waals surface area contributed by atoms with Crippen molar-refractivity contribution in [1.82, 2.24) is 10.2 Å². The third kappa shape index (κ3) is 1.38. The molecular formula is C9H14N2O. The van der Waals surface area contributed by atoms with Crippen molar-refractivity contribution in [2.24, 2.45) is 0 Å². The molecule has 0 amide bonds. The number of hydrogen-bond donors (Lipinski definition) is 1. The van der Waals surface area contributed by atoms with Gasteiger partial charge >= 0.3 is 0 Å². The van der Waals surface area contributed by atoms with E-state index in [1.165, 1.54) is 0 Å². The molecule has 66 valence electrons. The zero-order valence-electron chi connectivity index (χ0n) is 7.29. The Hall–Kier alpha value is -0.800. The average Bonchev–Trinajstić information content (AvgIpc) is 2.57. The van der Waals surface area contributed by atoms with E-state index in [-0.39, 0.29) is 0 Å². The molecule has 0 aromatic carbocycles. The highest BCUT2D eigenvalue weighted by Gasteiger charge is 2.21. The summed E-state index contributed by atoms with van der Waals surface area (Å²) < 4.78 is 5.36. The van der Waals surface area contributed by atoms with Gasteiger partial charge in [0.15, 0.2) is 0 Å². The fourth-order valence-corrected chi connectivity index (χ4v) is 1.60. The van der Waals surface area contributed by atoms with Crippen LogP contribution in [-0.2, 0) is 0 Å². The lowest BCUT2D eigenvalue weighted by atomic mass is 10.1. The first-order valence-corrected chi connectivity index (χ1v) is 4.32. The van der Waals surface area contributed by atoms with E-state index < -0.39 is 0 Å². The molecule has 1 aliphatic rings. The fraction of sp³-hybridized carbons (Fsp3) is 0.556. The van der Waals surface area contributed by atoms with Crippen molar-refractivity contribution >= 4 is 0 Å². The highest BCUT2D eigenvalue weighted by molar-refractivity contribution is 5.06. The summed E-state index contributed by atoms with van der Waals surface area (Å²) in [6.07, 6.45) is 1.73. The summed E-state index contributed by atoms with van der Waals surface area (Å²) in [7, 11) is 2.13. The smallest absolute Gasteiger partial charge is 0.122 e. The quantitative estimate of drug-likeness (QED) is 0.670. The number of rotatable bonds is 1. The van der Waals surface area contributed by atoms with Crippen LogP contribution in [0.4, 0.5) is 0 Å². The van der Waals surface area contributed by atoms with Crippen molar-refractivity contribution in [1.29, 1.82) is 0 Å². The number of nitrogens with one attached hydrogen (secondary N) is 1. The van der Waals surface area contributed by atoms with Crippen molar-refractivity contribution in [2.75, 3.05) is 26.7 Å². The molecule has 1 atom stereocenters. The number of furan rings is 1. The zero-order chi connectivity index (χ0) is 8.39. The first-order valence-electron chi connectivity index (χ1n) is 4.32. The lowest BCUT2D eigenvalue weighted by Crippen LogP contribution is -2.43. The third-order valence-corrected chi connectivity index (χ3v) is 2.38. The number of nitrogens with zero attached hydrogens (tertiary/aromatic N) is 1. The Morgan fingerprint density at radius 2 is 2.58 bits per heavy atom. The van der Waals surface area contributed by atoms with Gasteiger partial charge in [0.2, 0.25) is 0 Å². The predicted octanol–water partition coefficient (Wildman–Crippen LogP) is 0.856. The van der Waals surface area contributed by atoms with Crippen molar-refractivity contribution in [3.8, 4) is 0 Å². The molecule has 1 N–H and O–H groups in total. The van der Waals surface area contributed by atoms with E-state index in [4.69, 9.17) is 4.42 Å². The maximum atomic E-state index is 5.36. The molecule has 12 heavy (non-hydrogen) atoms. The van der Waals surface area contributed by atoms with E-state index in [0.29, 0.717) is 6.04 Å². The van der Waals surface area contributed by atoms with E-state index in [1.54, 1.807) is 6.26 Å². The molecule has 0 spiro atoms. The summed E-state index contributed by atoms with van der Waals surface area (Å²) in [5.74, 6) is 1.06. The van der Waals surface area contributed by atoms with E-state index in [2.05, 4.69) is 17.3 Å². The Kier molecular flexibility index (Phi) is 2.15. The highest BCUT2D eigenvalue weighted by atomic mass is 16.3. The Labute approximate surface area is 72.4 Å². The molecule has 0 saturated carbocycles. The molecule has 1 aromatic heterocycles. The van der Waals surface area contributed by atoms with Gasteiger partial charge < -0.3 is 9.73 Å². The van der Waals surface area contributed by atoms with Crippen molar-refractivity contribution < 1.29 is 4.42 Å². The highest BCUT2D eigenvalue weighted by Crippen LogP contribution is 2.20. The molecule has 0 radical (unpaired) electrons. The third-order valence-electron chi connectivity index (χ3n) is 2.38. The van der Waals surface area contributed by atoms with Gasteiger partial charge in [-0.15, -0.1) is 0 Å². The molecule has 0 bridgehead atoms.